The molecule has 0 saturated carbocycles. The van der Waals surface area contributed by atoms with E-state index >= 15 is 0 Å². The van der Waals surface area contributed by atoms with Crippen LogP contribution in [0.3, 0.4) is 0 Å². The molecule has 2 aromatic rings. The van der Waals surface area contributed by atoms with Crippen molar-refractivity contribution < 1.29 is 0 Å². The minimum absolute atomic E-state index is 0.548. The third-order valence-corrected chi connectivity index (χ3v) is 3.06. The fourth-order valence-corrected chi connectivity index (χ4v) is 2.05. The van der Waals surface area contributed by atoms with E-state index in [1.807, 2.05) is 12.1 Å². The van der Waals surface area contributed by atoms with E-state index in [1.165, 1.54) is 16.7 Å². The molecule has 0 aliphatic rings. The summed E-state index contributed by atoms with van der Waals surface area (Å²) in [7, 11) is 0. The molecular weight excluding hydrogens is 212 g/mol. The first kappa shape index (κ1) is 11.3. The SMILES string of the molecule is CC(C)c1ccccc1-c1ccc(S)cc1. The van der Waals surface area contributed by atoms with Crippen LogP contribution in [-0.2, 0) is 0 Å². The van der Waals surface area contributed by atoms with Crippen LogP contribution in [0.1, 0.15) is 25.3 Å². The first-order valence-corrected chi connectivity index (χ1v) is 6.01. The first-order chi connectivity index (χ1) is 7.68. The van der Waals surface area contributed by atoms with Gasteiger partial charge >= 0.3 is 0 Å². The summed E-state index contributed by atoms with van der Waals surface area (Å²) in [6, 6.07) is 16.9. The zero-order chi connectivity index (χ0) is 11.5. The minimum atomic E-state index is 0.548. The van der Waals surface area contributed by atoms with E-state index in [2.05, 4.69) is 62.9 Å². The molecule has 0 atom stereocenters. The molecule has 0 aromatic heterocycles. The molecule has 2 rings (SSSR count). The van der Waals surface area contributed by atoms with Gasteiger partial charge in [-0.05, 0) is 34.7 Å². The molecule has 0 spiro atoms. The van der Waals surface area contributed by atoms with E-state index in [0.29, 0.717) is 5.92 Å². The van der Waals surface area contributed by atoms with Crippen molar-refractivity contribution in [1.82, 2.24) is 0 Å². The van der Waals surface area contributed by atoms with Gasteiger partial charge in [-0.2, -0.15) is 0 Å². The molecule has 0 saturated heterocycles. The molecule has 0 aliphatic heterocycles. The van der Waals surface area contributed by atoms with E-state index in [1.54, 1.807) is 0 Å². The molecule has 0 radical (unpaired) electrons. The Hall–Kier alpha value is -1.21. The molecule has 0 N–H and O–H groups in total. The highest BCUT2D eigenvalue weighted by molar-refractivity contribution is 7.80. The summed E-state index contributed by atoms with van der Waals surface area (Å²) >= 11 is 4.31. The summed E-state index contributed by atoms with van der Waals surface area (Å²) in [5.74, 6) is 0.548. The first-order valence-electron chi connectivity index (χ1n) is 5.57. The second kappa shape index (κ2) is 4.75. The van der Waals surface area contributed by atoms with Crippen LogP contribution in [0.15, 0.2) is 53.4 Å². The number of hydrogen-bond donors (Lipinski definition) is 1. The number of thiol groups is 1. The van der Waals surface area contributed by atoms with E-state index in [-0.39, 0.29) is 0 Å². The van der Waals surface area contributed by atoms with Crippen molar-refractivity contribution in [1.29, 1.82) is 0 Å². The van der Waals surface area contributed by atoms with Crippen molar-refractivity contribution in [3.63, 3.8) is 0 Å². The standard InChI is InChI=1S/C15H16S/c1-11(2)14-5-3-4-6-15(14)12-7-9-13(16)10-8-12/h3-11,16H,1-2H3. The van der Waals surface area contributed by atoms with Crippen LogP contribution in [-0.4, -0.2) is 0 Å². The highest BCUT2D eigenvalue weighted by atomic mass is 32.1. The monoisotopic (exact) mass is 228 g/mol. The lowest BCUT2D eigenvalue weighted by atomic mass is 9.93. The second-order valence-corrected chi connectivity index (χ2v) is 4.81. The Morgan fingerprint density at radius 2 is 1.50 bits per heavy atom. The van der Waals surface area contributed by atoms with Gasteiger partial charge in [0, 0.05) is 4.90 Å². The molecule has 16 heavy (non-hydrogen) atoms. The normalized spacial score (nSPS) is 10.8. The van der Waals surface area contributed by atoms with Gasteiger partial charge in [-0.25, -0.2) is 0 Å². The van der Waals surface area contributed by atoms with E-state index < -0.39 is 0 Å². The molecule has 82 valence electrons. The average molecular weight is 228 g/mol. The predicted octanol–water partition coefficient (Wildman–Crippen LogP) is 4.77. The second-order valence-electron chi connectivity index (χ2n) is 4.29. The molecule has 0 bridgehead atoms. The molecule has 1 heteroatoms. The van der Waals surface area contributed by atoms with Gasteiger partial charge in [-0.15, -0.1) is 12.6 Å². The molecule has 2 aromatic carbocycles. The molecule has 0 fully saturated rings. The van der Waals surface area contributed by atoms with E-state index in [0.717, 1.165) is 4.90 Å². The minimum Gasteiger partial charge on any atom is -0.143 e. The summed E-state index contributed by atoms with van der Waals surface area (Å²) in [5, 5.41) is 0. The number of hydrogen-bond acceptors (Lipinski definition) is 1. The highest BCUT2D eigenvalue weighted by Gasteiger charge is 2.06. The Bertz CT molecular complexity index is 469. The number of benzene rings is 2. The third-order valence-electron chi connectivity index (χ3n) is 2.76. The van der Waals surface area contributed by atoms with Gasteiger partial charge in [0.1, 0.15) is 0 Å². The molecule has 0 unspecified atom stereocenters. The van der Waals surface area contributed by atoms with Crippen LogP contribution in [0.4, 0.5) is 0 Å². The fourth-order valence-electron chi connectivity index (χ4n) is 1.90. The van der Waals surface area contributed by atoms with Crippen LogP contribution >= 0.6 is 12.6 Å². The zero-order valence-corrected chi connectivity index (χ0v) is 10.5. The van der Waals surface area contributed by atoms with Crippen molar-refractivity contribution in [2.75, 3.05) is 0 Å². The van der Waals surface area contributed by atoms with Crippen molar-refractivity contribution in [2.24, 2.45) is 0 Å². The summed E-state index contributed by atoms with van der Waals surface area (Å²) in [4.78, 5) is 1.01. The maximum Gasteiger partial charge on any atom is 0.00404 e. The van der Waals surface area contributed by atoms with Crippen molar-refractivity contribution in [2.45, 2.75) is 24.7 Å². The van der Waals surface area contributed by atoms with Crippen LogP contribution < -0.4 is 0 Å². The number of rotatable bonds is 2. The quantitative estimate of drug-likeness (QED) is 0.703. The molecular formula is C15H16S. The van der Waals surface area contributed by atoms with Crippen LogP contribution in [0.5, 0.6) is 0 Å². The lowest BCUT2D eigenvalue weighted by Crippen LogP contribution is -1.91. The van der Waals surface area contributed by atoms with Gasteiger partial charge in [0.05, 0.1) is 0 Å². The van der Waals surface area contributed by atoms with Crippen LogP contribution in [0, 0.1) is 0 Å². The lowest BCUT2D eigenvalue weighted by Gasteiger charge is -2.12. The van der Waals surface area contributed by atoms with Crippen LogP contribution in [0.2, 0.25) is 0 Å². The molecule has 0 amide bonds. The van der Waals surface area contributed by atoms with Crippen LogP contribution in [0.25, 0.3) is 11.1 Å². The maximum atomic E-state index is 4.31. The lowest BCUT2D eigenvalue weighted by molar-refractivity contribution is 0.869. The Balaban J connectivity index is 2.51. The van der Waals surface area contributed by atoms with Crippen molar-refractivity contribution in [3.05, 3.63) is 54.1 Å². The third kappa shape index (κ3) is 2.30. The average Bonchev–Trinajstić information content (AvgIpc) is 2.30. The Morgan fingerprint density at radius 3 is 2.12 bits per heavy atom. The van der Waals surface area contributed by atoms with Gasteiger partial charge in [-0.1, -0.05) is 50.2 Å². The van der Waals surface area contributed by atoms with E-state index in [4.69, 9.17) is 0 Å². The fraction of sp³-hybridized carbons (Fsp3) is 0.200. The molecule has 0 heterocycles. The Morgan fingerprint density at radius 1 is 0.875 bits per heavy atom. The maximum absolute atomic E-state index is 4.31. The summed E-state index contributed by atoms with van der Waals surface area (Å²) < 4.78 is 0. The van der Waals surface area contributed by atoms with Crippen molar-refractivity contribution in [3.8, 4) is 11.1 Å². The molecule has 0 aliphatic carbocycles. The topological polar surface area (TPSA) is 0 Å². The predicted molar refractivity (Wildman–Crippen MR) is 73.2 cm³/mol. The van der Waals surface area contributed by atoms with Gasteiger partial charge in [0.2, 0.25) is 0 Å². The Kier molecular flexibility index (Phi) is 3.35. The smallest absolute Gasteiger partial charge is 0.00404 e. The van der Waals surface area contributed by atoms with E-state index in [9.17, 15) is 0 Å². The van der Waals surface area contributed by atoms with Gasteiger partial charge in [0.25, 0.3) is 0 Å². The van der Waals surface area contributed by atoms with Crippen molar-refractivity contribution >= 4 is 12.6 Å². The summed E-state index contributed by atoms with van der Waals surface area (Å²) in [6.07, 6.45) is 0. The highest BCUT2D eigenvalue weighted by Crippen LogP contribution is 2.29. The summed E-state index contributed by atoms with van der Waals surface area (Å²) in [6.45, 7) is 4.46. The Labute approximate surface area is 103 Å². The van der Waals surface area contributed by atoms with Gasteiger partial charge < -0.3 is 0 Å². The van der Waals surface area contributed by atoms with Gasteiger partial charge in [0.15, 0.2) is 0 Å². The van der Waals surface area contributed by atoms with Gasteiger partial charge in [-0.3, -0.25) is 0 Å². The summed E-state index contributed by atoms with van der Waals surface area (Å²) in [5.41, 5.74) is 3.99. The zero-order valence-electron chi connectivity index (χ0n) is 9.64. The molecule has 0 nitrogen and oxygen atoms in total. The largest absolute Gasteiger partial charge is 0.143 e.